The summed E-state index contributed by atoms with van der Waals surface area (Å²) in [5, 5.41) is 10.1. The molecule has 1 aliphatic heterocycles. The van der Waals surface area contributed by atoms with Crippen molar-refractivity contribution >= 4 is 28.8 Å². The number of ether oxygens (including phenoxy) is 2. The number of benzene rings is 2. The Morgan fingerprint density at radius 2 is 1.79 bits per heavy atom. The molecule has 0 saturated heterocycles. The Kier molecular flexibility index (Phi) is 7.38. The SMILES string of the molecule is COC(=O)N1c2ccc3c(nc(CC(C(=O)O)c4ccc(F)cc4)n3C3CCC(OC)CC3)c2CC[C@@H]1C. The van der Waals surface area contributed by atoms with E-state index in [1.807, 2.05) is 19.1 Å². The summed E-state index contributed by atoms with van der Waals surface area (Å²) in [7, 11) is 3.12. The van der Waals surface area contributed by atoms with Gasteiger partial charge in [-0.1, -0.05) is 12.1 Å². The zero-order chi connectivity index (χ0) is 27.0. The molecule has 8 nitrogen and oxygen atoms in total. The minimum Gasteiger partial charge on any atom is -0.481 e. The normalized spacial score (nSPS) is 22.2. The molecule has 2 heterocycles. The summed E-state index contributed by atoms with van der Waals surface area (Å²) >= 11 is 0. The van der Waals surface area contributed by atoms with E-state index in [2.05, 4.69) is 4.57 Å². The average molecular weight is 524 g/mol. The van der Waals surface area contributed by atoms with Crippen LogP contribution in [-0.2, 0) is 27.1 Å². The highest BCUT2D eigenvalue weighted by Crippen LogP contribution is 2.40. The lowest BCUT2D eigenvalue weighted by molar-refractivity contribution is -0.138. The van der Waals surface area contributed by atoms with E-state index in [0.29, 0.717) is 11.4 Å². The third-order valence-electron chi connectivity index (χ3n) is 8.20. The predicted octanol–water partition coefficient (Wildman–Crippen LogP) is 5.62. The van der Waals surface area contributed by atoms with Gasteiger partial charge >= 0.3 is 12.1 Å². The molecule has 1 aromatic heterocycles. The average Bonchev–Trinajstić information content (AvgIpc) is 3.30. The number of fused-ring (bicyclic) bond motifs is 3. The van der Waals surface area contributed by atoms with Gasteiger partial charge in [-0.2, -0.15) is 0 Å². The van der Waals surface area contributed by atoms with Crippen LogP contribution in [0.25, 0.3) is 11.0 Å². The molecule has 1 saturated carbocycles. The van der Waals surface area contributed by atoms with Crippen LogP contribution in [0.3, 0.4) is 0 Å². The van der Waals surface area contributed by atoms with Crippen molar-refractivity contribution < 1.29 is 28.6 Å². The number of imidazole rings is 1. The number of carboxylic acid groups (broad SMARTS) is 1. The molecule has 1 aliphatic carbocycles. The number of aromatic nitrogens is 2. The van der Waals surface area contributed by atoms with Gasteiger partial charge in [0.05, 0.1) is 35.9 Å². The van der Waals surface area contributed by atoms with Crippen molar-refractivity contribution in [3.8, 4) is 0 Å². The number of amides is 1. The van der Waals surface area contributed by atoms with Crippen molar-refractivity contribution in [2.75, 3.05) is 19.1 Å². The van der Waals surface area contributed by atoms with Crippen molar-refractivity contribution in [2.45, 2.75) is 76.0 Å². The number of methoxy groups -OCH3 is 2. The number of anilines is 1. The highest BCUT2D eigenvalue weighted by molar-refractivity contribution is 5.95. The molecule has 202 valence electrons. The number of carbonyl (C=O) groups is 2. The molecule has 5 rings (SSSR count). The van der Waals surface area contributed by atoms with Gasteiger partial charge in [-0.25, -0.2) is 14.2 Å². The first kappa shape index (κ1) is 26.2. The summed E-state index contributed by atoms with van der Waals surface area (Å²) in [6.45, 7) is 2.00. The fourth-order valence-corrected chi connectivity index (χ4v) is 6.14. The Labute approximate surface area is 221 Å². The maximum Gasteiger partial charge on any atom is 0.414 e. The van der Waals surface area contributed by atoms with Gasteiger partial charge < -0.3 is 19.1 Å². The Bertz CT molecular complexity index is 1330. The topological polar surface area (TPSA) is 93.9 Å². The molecule has 3 aromatic rings. The van der Waals surface area contributed by atoms with Crippen LogP contribution in [0.1, 0.15) is 67.9 Å². The van der Waals surface area contributed by atoms with Gasteiger partial charge in [0, 0.05) is 31.2 Å². The largest absolute Gasteiger partial charge is 0.481 e. The summed E-state index contributed by atoms with van der Waals surface area (Å²) in [6.07, 6.45) is 5.14. The number of nitrogens with zero attached hydrogens (tertiary/aromatic N) is 3. The van der Waals surface area contributed by atoms with E-state index >= 15 is 0 Å². The number of hydrogen-bond donors (Lipinski definition) is 1. The molecule has 1 fully saturated rings. The summed E-state index contributed by atoms with van der Waals surface area (Å²) in [4.78, 5) is 31.8. The highest BCUT2D eigenvalue weighted by Gasteiger charge is 2.34. The minimum atomic E-state index is -0.981. The number of rotatable bonds is 6. The second-order valence-electron chi connectivity index (χ2n) is 10.4. The van der Waals surface area contributed by atoms with Crippen LogP contribution in [0.5, 0.6) is 0 Å². The van der Waals surface area contributed by atoms with E-state index in [1.54, 1.807) is 12.0 Å². The van der Waals surface area contributed by atoms with Crippen LogP contribution in [0, 0.1) is 5.82 Å². The molecule has 9 heteroatoms. The Balaban J connectivity index is 1.63. The monoisotopic (exact) mass is 523 g/mol. The van der Waals surface area contributed by atoms with Crippen LogP contribution in [0.15, 0.2) is 36.4 Å². The lowest BCUT2D eigenvalue weighted by Gasteiger charge is -2.34. The third-order valence-corrected chi connectivity index (χ3v) is 8.20. The van der Waals surface area contributed by atoms with Crippen LogP contribution >= 0.6 is 0 Å². The Morgan fingerprint density at radius 1 is 1.08 bits per heavy atom. The molecule has 2 aliphatic rings. The third kappa shape index (κ3) is 4.75. The fraction of sp³-hybridized carbons (Fsp3) is 0.483. The predicted molar refractivity (Wildman–Crippen MR) is 141 cm³/mol. The smallest absolute Gasteiger partial charge is 0.414 e. The van der Waals surface area contributed by atoms with E-state index in [4.69, 9.17) is 14.5 Å². The number of aryl methyl sites for hydroxylation is 1. The van der Waals surface area contributed by atoms with Crippen molar-refractivity contribution in [2.24, 2.45) is 0 Å². The lowest BCUT2D eigenvalue weighted by atomic mass is 9.91. The fourth-order valence-electron chi connectivity index (χ4n) is 6.14. The van der Waals surface area contributed by atoms with Crippen LogP contribution < -0.4 is 4.90 Å². The number of halogens is 1. The van der Waals surface area contributed by atoms with Gasteiger partial charge in [0.2, 0.25) is 0 Å². The van der Waals surface area contributed by atoms with E-state index in [0.717, 1.165) is 60.8 Å². The van der Waals surface area contributed by atoms with Gasteiger partial charge in [-0.05, 0) is 75.3 Å². The van der Waals surface area contributed by atoms with E-state index in [1.165, 1.54) is 31.4 Å². The first-order chi connectivity index (χ1) is 18.3. The molecule has 2 atom stereocenters. The second-order valence-corrected chi connectivity index (χ2v) is 10.4. The van der Waals surface area contributed by atoms with Crippen molar-refractivity contribution in [1.29, 1.82) is 0 Å². The molecule has 0 bridgehead atoms. The number of hydrogen-bond acceptors (Lipinski definition) is 5. The zero-order valence-electron chi connectivity index (χ0n) is 22.0. The molecular weight excluding hydrogens is 489 g/mol. The summed E-state index contributed by atoms with van der Waals surface area (Å²) in [5.41, 5.74) is 4.05. The number of carboxylic acids is 1. The van der Waals surface area contributed by atoms with Crippen molar-refractivity contribution in [3.63, 3.8) is 0 Å². The standard InChI is InChI=1S/C29H34FN3O5/c1-17-4-13-22-24(32(17)29(36)38-3)14-15-25-27(22)31-26(33(25)20-9-11-21(37-2)12-10-20)16-23(28(34)35)18-5-7-19(30)8-6-18/h5-8,14-15,17,20-21,23H,4,9-13,16H2,1-3H3,(H,34,35)/t17-,20?,21?,23?/m0/s1. The number of aliphatic carboxylic acids is 1. The first-order valence-electron chi connectivity index (χ1n) is 13.2. The van der Waals surface area contributed by atoms with E-state index in [-0.39, 0.29) is 24.6 Å². The summed E-state index contributed by atoms with van der Waals surface area (Å²) < 4.78 is 26.4. The molecule has 1 amide bonds. The van der Waals surface area contributed by atoms with Gasteiger partial charge in [0.1, 0.15) is 11.6 Å². The zero-order valence-corrected chi connectivity index (χ0v) is 22.0. The summed E-state index contributed by atoms with van der Waals surface area (Å²) in [5.74, 6) is -1.57. The first-order valence-corrected chi connectivity index (χ1v) is 13.2. The lowest BCUT2D eigenvalue weighted by Crippen LogP contribution is -2.42. The molecule has 0 spiro atoms. The highest BCUT2D eigenvalue weighted by atomic mass is 19.1. The molecule has 1 unspecified atom stereocenters. The maximum atomic E-state index is 13.6. The maximum absolute atomic E-state index is 13.6. The molecule has 0 radical (unpaired) electrons. The van der Waals surface area contributed by atoms with Crippen LogP contribution in [-0.4, -0.2) is 53.1 Å². The second kappa shape index (κ2) is 10.7. The minimum absolute atomic E-state index is 0.00635. The van der Waals surface area contributed by atoms with Gasteiger partial charge in [-0.3, -0.25) is 9.69 Å². The quantitative estimate of drug-likeness (QED) is 0.451. The van der Waals surface area contributed by atoms with E-state index in [9.17, 15) is 19.1 Å². The van der Waals surface area contributed by atoms with Gasteiger partial charge in [-0.15, -0.1) is 0 Å². The molecule has 1 N–H and O–H groups in total. The molecular formula is C29H34FN3O5. The Morgan fingerprint density at radius 3 is 2.42 bits per heavy atom. The van der Waals surface area contributed by atoms with Crippen LogP contribution in [0.4, 0.5) is 14.9 Å². The van der Waals surface area contributed by atoms with Crippen LogP contribution in [0.2, 0.25) is 0 Å². The van der Waals surface area contributed by atoms with Gasteiger partial charge in [0.25, 0.3) is 0 Å². The van der Waals surface area contributed by atoms with Crippen molar-refractivity contribution in [1.82, 2.24) is 9.55 Å². The Hall–Kier alpha value is -3.46. The summed E-state index contributed by atoms with van der Waals surface area (Å²) in [6, 6.07) is 9.74. The van der Waals surface area contributed by atoms with Crippen molar-refractivity contribution in [3.05, 3.63) is 59.2 Å². The molecule has 38 heavy (non-hydrogen) atoms. The molecule has 2 aromatic carbocycles. The number of carbonyl (C=O) groups excluding carboxylic acids is 1. The van der Waals surface area contributed by atoms with Gasteiger partial charge in [0.15, 0.2) is 0 Å². The van der Waals surface area contributed by atoms with E-state index < -0.39 is 23.8 Å².